The van der Waals surface area contributed by atoms with Gasteiger partial charge in [-0.2, -0.15) is 0 Å². The molecule has 0 aromatic heterocycles. The van der Waals surface area contributed by atoms with E-state index in [0.29, 0.717) is 17.2 Å². The minimum atomic E-state index is -0.656. The Morgan fingerprint density at radius 1 is 0.900 bits per heavy atom. The molecule has 0 bridgehead atoms. The van der Waals surface area contributed by atoms with Gasteiger partial charge in [-0.25, -0.2) is 4.79 Å². The van der Waals surface area contributed by atoms with Gasteiger partial charge in [0.25, 0.3) is 5.91 Å². The van der Waals surface area contributed by atoms with Crippen molar-refractivity contribution in [3.05, 3.63) is 78.4 Å². The minimum Gasteiger partial charge on any atom is -0.497 e. The zero-order valence-electron chi connectivity index (χ0n) is 16.6. The van der Waals surface area contributed by atoms with Crippen LogP contribution < -0.4 is 14.8 Å². The number of carbonyl (C=O) groups excluding carboxylic acids is 2. The Morgan fingerprint density at radius 3 is 2.37 bits per heavy atom. The number of anilines is 1. The van der Waals surface area contributed by atoms with Crippen LogP contribution in [0.5, 0.6) is 11.5 Å². The molecule has 7 heteroatoms. The monoisotopic (exact) mass is 423 g/mol. The number of nitrogens with one attached hydrogen (secondary N) is 1. The number of ether oxygens (including phenoxy) is 3. The van der Waals surface area contributed by atoms with Crippen molar-refractivity contribution in [2.45, 2.75) is 9.79 Å². The zero-order chi connectivity index (χ0) is 21.3. The van der Waals surface area contributed by atoms with Crippen molar-refractivity contribution in [1.82, 2.24) is 0 Å². The molecule has 1 amide bonds. The van der Waals surface area contributed by atoms with E-state index in [0.717, 1.165) is 9.79 Å². The highest BCUT2D eigenvalue weighted by atomic mass is 32.2. The quantitative estimate of drug-likeness (QED) is 0.532. The van der Waals surface area contributed by atoms with E-state index in [9.17, 15) is 9.59 Å². The first-order valence-corrected chi connectivity index (χ1v) is 9.93. The topological polar surface area (TPSA) is 73.9 Å². The van der Waals surface area contributed by atoms with E-state index in [1.165, 1.54) is 32.0 Å². The molecule has 154 valence electrons. The largest absolute Gasteiger partial charge is 0.497 e. The molecule has 0 saturated carbocycles. The Labute approximate surface area is 179 Å². The Morgan fingerprint density at radius 2 is 1.63 bits per heavy atom. The van der Waals surface area contributed by atoms with Crippen molar-refractivity contribution in [2.75, 3.05) is 26.1 Å². The van der Waals surface area contributed by atoms with Gasteiger partial charge in [-0.15, -0.1) is 0 Å². The maximum absolute atomic E-state index is 12.4. The van der Waals surface area contributed by atoms with Crippen molar-refractivity contribution < 1.29 is 23.8 Å². The third-order valence-corrected chi connectivity index (χ3v) is 5.18. The summed E-state index contributed by atoms with van der Waals surface area (Å²) >= 11 is 1.53. The van der Waals surface area contributed by atoms with E-state index >= 15 is 0 Å². The van der Waals surface area contributed by atoms with Gasteiger partial charge in [-0.3, -0.25) is 4.79 Å². The van der Waals surface area contributed by atoms with Crippen LogP contribution in [0.25, 0.3) is 0 Å². The lowest BCUT2D eigenvalue weighted by Gasteiger charge is -2.12. The molecular formula is C23H21NO5S. The summed E-state index contributed by atoms with van der Waals surface area (Å²) in [5.41, 5.74) is 0.862. The van der Waals surface area contributed by atoms with E-state index in [4.69, 9.17) is 14.2 Å². The number of esters is 1. The van der Waals surface area contributed by atoms with Gasteiger partial charge in [0.1, 0.15) is 17.1 Å². The molecule has 3 aromatic rings. The predicted molar refractivity (Wildman–Crippen MR) is 115 cm³/mol. The number of rotatable bonds is 8. The summed E-state index contributed by atoms with van der Waals surface area (Å²) < 4.78 is 15.5. The van der Waals surface area contributed by atoms with Crippen LogP contribution >= 0.6 is 11.8 Å². The van der Waals surface area contributed by atoms with Gasteiger partial charge in [-0.05, 0) is 36.4 Å². The van der Waals surface area contributed by atoms with Crippen molar-refractivity contribution >= 4 is 29.3 Å². The van der Waals surface area contributed by atoms with Crippen LogP contribution in [0.15, 0.2) is 82.6 Å². The Bertz CT molecular complexity index is 1020. The van der Waals surface area contributed by atoms with Crippen LogP contribution in [-0.2, 0) is 9.53 Å². The number of methoxy groups -OCH3 is 2. The first-order chi connectivity index (χ1) is 14.6. The predicted octanol–water partition coefficient (Wildman–Crippen LogP) is 4.65. The number of para-hydroxylation sites is 1. The van der Waals surface area contributed by atoms with E-state index in [1.807, 2.05) is 48.5 Å². The Hall–Kier alpha value is -3.45. The van der Waals surface area contributed by atoms with E-state index in [-0.39, 0.29) is 5.56 Å². The molecule has 0 unspecified atom stereocenters. The lowest BCUT2D eigenvalue weighted by molar-refractivity contribution is -0.119. The Kier molecular flexibility index (Phi) is 7.34. The van der Waals surface area contributed by atoms with Gasteiger partial charge >= 0.3 is 5.97 Å². The highest BCUT2D eigenvalue weighted by Gasteiger charge is 2.17. The molecule has 0 atom stereocenters. The highest BCUT2D eigenvalue weighted by molar-refractivity contribution is 7.99. The van der Waals surface area contributed by atoms with Gasteiger partial charge < -0.3 is 19.5 Å². The third kappa shape index (κ3) is 5.55. The maximum Gasteiger partial charge on any atom is 0.342 e. The molecule has 1 N–H and O–H groups in total. The Balaban J connectivity index is 1.62. The minimum absolute atomic E-state index is 0.214. The van der Waals surface area contributed by atoms with Crippen molar-refractivity contribution in [3.8, 4) is 11.5 Å². The summed E-state index contributed by atoms with van der Waals surface area (Å²) in [6, 6.07) is 22.0. The average Bonchev–Trinajstić information content (AvgIpc) is 2.79. The summed E-state index contributed by atoms with van der Waals surface area (Å²) in [6.07, 6.45) is 0. The maximum atomic E-state index is 12.4. The van der Waals surface area contributed by atoms with E-state index in [2.05, 4.69) is 5.32 Å². The SMILES string of the molecule is COc1ccc(C(=O)OCC(=O)Nc2ccccc2Sc2ccccc2)c(OC)c1. The van der Waals surface area contributed by atoms with Crippen LogP contribution in [0, 0.1) is 0 Å². The van der Waals surface area contributed by atoms with Crippen molar-refractivity contribution in [2.24, 2.45) is 0 Å². The summed E-state index contributed by atoms with van der Waals surface area (Å²) in [5, 5.41) is 2.80. The molecule has 0 aliphatic rings. The fourth-order valence-corrected chi connectivity index (χ4v) is 3.56. The zero-order valence-corrected chi connectivity index (χ0v) is 17.4. The molecule has 6 nitrogen and oxygen atoms in total. The fraction of sp³-hybridized carbons (Fsp3) is 0.130. The fourth-order valence-electron chi connectivity index (χ4n) is 2.64. The lowest BCUT2D eigenvalue weighted by Crippen LogP contribution is -2.21. The average molecular weight is 423 g/mol. The molecule has 30 heavy (non-hydrogen) atoms. The molecule has 0 saturated heterocycles. The van der Waals surface area contributed by atoms with Gasteiger partial charge in [0.05, 0.1) is 19.9 Å². The second kappa shape index (κ2) is 10.4. The number of amides is 1. The number of benzene rings is 3. The van der Waals surface area contributed by atoms with Crippen LogP contribution in [0.2, 0.25) is 0 Å². The molecular weight excluding hydrogens is 402 g/mol. The number of carbonyl (C=O) groups is 2. The molecule has 3 aromatic carbocycles. The molecule has 0 aliphatic heterocycles. The second-order valence-corrected chi connectivity index (χ2v) is 7.22. The summed E-state index contributed by atoms with van der Waals surface area (Å²) in [5.74, 6) is -0.230. The van der Waals surface area contributed by atoms with Gasteiger partial charge in [-0.1, -0.05) is 42.1 Å². The summed E-state index contributed by atoms with van der Waals surface area (Å²) in [7, 11) is 2.96. The van der Waals surface area contributed by atoms with E-state index in [1.54, 1.807) is 18.2 Å². The lowest BCUT2D eigenvalue weighted by atomic mass is 10.2. The molecule has 0 radical (unpaired) electrons. The summed E-state index contributed by atoms with van der Waals surface area (Å²) in [4.78, 5) is 26.7. The van der Waals surface area contributed by atoms with Crippen LogP contribution in [0.4, 0.5) is 5.69 Å². The van der Waals surface area contributed by atoms with Crippen LogP contribution in [0.1, 0.15) is 10.4 Å². The number of hydrogen-bond acceptors (Lipinski definition) is 6. The third-order valence-electron chi connectivity index (χ3n) is 4.10. The first-order valence-electron chi connectivity index (χ1n) is 9.11. The smallest absolute Gasteiger partial charge is 0.342 e. The second-order valence-electron chi connectivity index (χ2n) is 6.10. The summed E-state index contributed by atoms with van der Waals surface area (Å²) in [6.45, 7) is -0.418. The highest BCUT2D eigenvalue weighted by Crippen LogP contribution is 2.33. The molecule has 3 rings (SSSR count). The van der Waals surface area contributed by atoms with E-state index < -0.39 is 18.5 Å². The first kappa shape index (κ1) is 21.3. The van der Waals surface area contributed by atoms with Crippen LogP contribution in [0.3, 0.4) is 0 Å². The van der Waals surface area contributed by atoms with Gasteiger partial charge in [0.15, 0.2) is 6.61 Å². The van der Waals surface area contributed by atoms with Gasteiger partial charge in [0, 0.05) is 15.9 Å². The van der Waals surface area contributed by atoms with Crippen LogP contribution in [-0.4, -0.2) is 32.7 Å². The number of hydrogen-bond donors (Lipinski definition) is 1. The normalized spacial score (nSPS) is 10.2. The molecule has 0 heterocycles. The van der Waals surface area contributed by atoms with Gasteiger partial charge in [0.2, 0.25) is 0 Å². The van der Waals surface area contributed by atoms with Crippen molar-refractivity contribution in [1.29, 1.82) is 0 Å². The standard InChI is InChI=1S/C23H21NO5S/c1-27-16-12-13-18(20(14-16)28-2)23(26)29-15-22(25)24-19-10-6-7-11-21(19)30-17-8-4-3-5-9-17/h3-14H,15H2,1-2H3,(H,24,25). The van der Waals surface area contributed by atoms with Crippen molar-refractivity contribution in [3.63, 3.8) is 0 Å². The molecule has 0 fully saturated rings. The molecule has 0 spiro atoms. The molecule has 0 aliphatic carbocycles.